The van der Waals surface area contributed by atoms with E-state index in [-0.39, 0.29) is 12.3 Å². The number of carbonyl (C=O) groups excluding carboxylic acids is 1. The molecule has 0 bridgehead atoms. The van der Waals surface area contributed by atoms with Gasteiger partial charge in [-0.15, -0.1) is 0 Å². The van der Waals surface area contributed by atoms with Gasteiger partial charge in [0, 0.05) is 13.0 Å². The SMILES string of the molecule is COC(=O)[C@@](F)(CC(C)C)NCc1ccccc1. The van der Waals surface area contributed by atoms with Crippen molar-refractivity contribution < 1.29 is 13.9 Å². The zero-order valence-corrected chi connectivity index (χ0v) is 11.1. The summed E-state index contributed by atoms with van der Waals surface area (Å²) in [6.45, 7) is 4.02. The molecule has 0 saturated carbocycles. The van der Waals surface area contributed by atoms with Gasteiger partial charge in [0.2, 0.25) is 0 Å². The molecule has 18 heavy (non-hydrogen) atoms. The van der Waals surface area contributed by atoms with Gasteiger partial charge in [-0.25, -0.2) is 9.18 Å². The Labute approximate surface area is 107 Å². The summed E-state index contributed by atoms with van der Waals surface area (Å²) in [6.07, 6.45) is 0.0898. The third-order valence-electron chi connectivity index (χ3n) is 2.61. The van der Waals surface area contributed by atoms with Crippen molar-refractivity contribution in [2.24, 2.45) is 5.92 Å². The average molecular weight is 253 g/mol. The molecule has 1 atom stereocenters. The van der Waals surface area contributed by atoms with Gasteiger partial charge in [-0.1, -0.05) is 44.2 Å². The first kappa shape index (κ1) is 14.6. The second-order valence-corrected chi connectivity index (χ2v) is 4.73. The predicted octanol–water partition coefficient (Wildman–Crippen LogP) is 2.66. The summed E-state index contributed by atoms with van der Waals surface area (Å²) < 4.78 is 19.1. The van der Waals surface area contributed by atoms with E-state index in [2.05, 4.69) is 10.1 Å². The van der Waals surface area contributed by atoms with Crippen LogP contribution < -0.4 is 5.32 Å². The molecule has 0 saturated heterocycles. The molecule has 1 N–H and O–H groups in total. The van der Waals surface area contributed by atoms with E-state index >= 15 is 0 Å². The molecular weight excluding hydrogens is 233 g/mol. The van der Waals surface area contributed by atoms with E-state index in [0.717, 1.165) is 5.56 Å². The van der Waals surface area contributed by atoms with Crippen LogP contribution in [0.15, 0.2) is 30.3 Å². The molecule has 1 aromatic carbocycles. The van der Waals surface area contributed by atoms with E-state index in [4.69, 9.17) is 0 Å². The lowest BCUT2D eigenvalue weighted by Gasteiger charge is -2.25. The number of methoxy groups -OCH3 is 1. The van der Waals surface area contributed by atoms with Crippen molar-refractivity contribution in [2.75, 3.05) is 7.11 Å². The molecule has 0 fully saturated rings. The van der Waals surface area contributed by atoms with Crippen LogP contribution in [0.5, 0.6) is 0 Å². The number of halogens is 1. The number of esters is 1. The monoisotopic (exact) mass is 253 g/mol. The van der Waals surface area contributed by atoms with Gasteiger partial charge in [0.25, 0.3) is 5.79 Å². The smallest absolute Gasteiger partial charge is 0.358 e. The van der Waals surface area contributed by atoms with E-state index in [1.807, 2.05) is 44.2 Å². The fourth-order valence-electron chi connectivity index (χ4n) is 1.79. The van der Waals surface area contributed by atoms with Gasteiger partial charge in [-0.05, 0) is 11.5 Å². The van der Waals surface area contributed by atoms with Gasteiger partial charge < -0.3 is 4.74 Å². The number of benzene rings is 1. The van der Waals surface area contributed by atoms with E-state index in [1.54, 1.807) is 0 Å². The third kappa shape index (κ3) is 4.11. The summed E-state index contributed by atoms with van der Waals surface area (Å²) in [5.74, 6) is -2.94. The molecule has 0 amide bonds. The Morgan fingerprint density at radius 1 is 1.39 bits per heavy atom. The zero-order valence-electron chi connectivity index (χ0n) is 11.1. The number of alkyl halides is 1. The lowest BCUT2D eigenvalue weighted by molar-refractivity contribution is -0.159. The van der Waals surface area contributed by atoms with Crippen LogP contribution in [0.25, 0.3) is 0 Å². The normalized spacial score (nSPS) is 14.3. The largest absolute Gasteiger partial charge is 0.466 e. The highest BCUT2D eigenvalue weighted by atomic mass is 19.1. The van der Waals surface area contributed by atoms with Crippen LogP contribution in [0.1, 0.15) is 25.8 Å². The summed E-state index contributed by atoms with van der Waals surface area (Å²) >= 11 is 0. The van der Waals surface area contributed by atoms with Gasteiger partial charge in [-0.2, -0.15) is 0 Å². The second-order valence-electron chi connectivity index (χ2n) is 4.73. The van der Waals surface area contributed by atoms with Crippen molar-refractivity contribution >= 4 is 5.97 Å². The maximum absolute atomic E-state index is 14.5. The Kier molecular flexibility index (Phi) is 5.28. The first-order valence-corrected chi connectivity index (χ1v) is 6.04. The summed E-state index contributed by atoms with van der Waals surface area (Å²) in [4.78, 5) is 11.5. The van der Waals surface area contributed by atoms with Gasteiger partial charge in [0.1, 0.15) is 0 Å². The van der Waals surface area contributed by atoms with Crippen LogP contribution in [-0.4, -0.2) is 18.9 Å². The van der Waals surface area contributed by atoms with Crippen molar-refractivity contribution in [1.29, 1.82) is 0 Å². The topological polar surface area (TPSA) is 38.3 Å². The van der Waals surface area contributed by atoms with Gasteiger partial charge >= 0.3 is 5.97 Å². The summed E-state index contributed by atoms with van der Waals surface area (Å²) in [7, 11) is 1.20. The average Bonchev–Trinajstić information content (AvgIpc) is 2.36. The molecule has 0 aromatic heterocycles. The van der Waals surface area contributed by atoms with Crippen LogP contribution in [0.4, 0.5) is 4.39 Å². The lowest BCUT2D eigenvalue weighted by Crippen LogP contribution is -2.49. The number of hydrogen-bond acceptors (Lipinski definition) is 3. The number of hydrogen-bond donors (Lipinski definition) is 1. The first-order chi connectivity index (χ1) is 8.48. The second kappa shape index (κ2) is 6.50. The third-order valence-corrected chi connectivity index (χ3v) is 2.61. The highest BCUT2D eigenvalue weighted by molar-refractivity contribution is 5.78. The quantitative estimate of drug-likeness (QED) is 0.625. The van der Waals surface area contributed by atoms with Gasteiger partial charge in [0.15, 0.2) is 0 Å². The molecule has 1 rings (SSSR count). The minimum Gasteiger partial charge on any atom is -0.466 e. The van der Waals surface area contributed by atoms with Crippen molar-refractivity contribution in [2.45, 2.75) is 32.6 Å². The van der Waals surface area contributed by atoms with E-state index in [0.29, 0.717) is 6.54 Å². The first-order valence-electron chi connectivity index (χ1n) is 6.04. The van der Waals surface area contributed by atoms with Crippen molar-refractivity contribution in [1.82, 2.24) is 5.32 Å². The molecule has 0 aliphatic carbocycles. The number of rotatable bonds is 6. The Bertz CT molecular complexity index is 381. The highest BCUT2D eigenvalue weighted by Gasteiger charge is 2.39. The standard InChI is InChI=1S/C14H20FNO2/c1-11(2)9-14(15,13(17)18-3)16-10-12-7-5-4-6-8-12/h4-8,11,16H,9-10H2,1-3H3/t14-/m1/s1. The Morgan fingerprint density at radius 3 is 2.50 bits per heavy atom. The van der Waals surface area contributed by atoms with Crippen LogP contribution in [0, 0.1) is 5.92 Å². The molecule has 0 aliphatic heterocycles. The fourth-order valence-corrected chi connectivity index (χ4v) is 1.79. The Balaban J connectivity index is 2.70. The van der Waals surface area contributed by atoms with Crippen molar-refractivity contribution in [3.05, 3.63) is 35.9 Å². The van der Waals surface area contributed by atoms with Crippen LogP contribution in [0.2, 0.25) is 0 Å². The summed E-state index contributed by atoms with van der Waals surface area (Å²) in [5, 5.41) is 2.65. The molecule has 100 valence electrons. The van der Waals surface area contributed by atoms with Gasteiger partial charge in [0.05, 0.1) is 7.11 Å². The van der Waals surface area contributed by atoms with Crippen molar-refractivity contribution in [3.63, 3.8) is 0 Å². The number of nitrogens with one attached hydrogen (secondary N) is 1. The minimum atomic E-state index is -2.13. The fraction of sp³-hybridized carbons (Fsp3) is 0.500. The number of ether oxygens (including phenoxy) is 1. The summed E-state index contributed by atoms with van der Waals surface area (Å²) in [5.41, 5.74) is 0.923. The highest BCUT2D eigenvalue weighted by Crippen LogP contribution is 2.21. The summed E-state index contributed by atoms with van der Waals surface area (Å²) in [6, 6.07) is 9.38. The maximum atomic E-state index is 14.5. The molecule has 0 unspecified atom stereocenters. The Hall–Kier alpha value is -1.42. The van der Waals surface area contributed by atoms with Crippen molar-refractivity contribution in [3.8, 4) is 0 Å². The lowest BCUT2D eigenvalue weighted by atomic mass is 10.0. The molecule has 4 heteroatoms. The Morgan fingerprint density at radius 2 is 2.00 bits per heavy atom. The van der Waals surface area contributed by atoms with Crippen LogP contribution in [-0.2, 0) is 16.1 Å². The molecule has 3 nitrogen and oxygen atoms in total. The zero-order chi connectivity index (χ0) is 13.6. The van der Waals surface area contributed by atoms with Crippen LogP contribution in [0.3, 0.4) is 0 Å². The minimum absolute atomic E-state index is 0.0531. The van der Waals surface area contributed by atoms with E-state index < -0.39 is 11.8 Å². The van der Waals surface area contributed by atoms with E-state index in [9.17, 15) is 9.18 Å². The molecule has 0 heterocycles. The molecular formula is C14H20FNO2. The molecule has 0 spiro atoms. The maximum Gasteiger partial charge on any atom is 0.358 e. The van der Waals surface area contributed by atoms with E-state index in [1.165, 1.54) is 7.11 Å². The number of carbonyl (C=O) groups is 1. The molecule has 0 aliphatic rings. The predicted molar refractivity (Wildman–Crippen MR) is 68.6 cm³/mol. The molecule has 0 radical (unpaired) electrons. The van der Waals surface area contributed by atoms with Gasteiger partial charge in [-0.3, -0.25) is 5.32 Å². The molecule has 1 aromatic rings. The van der Waals surface area contributed by atoms with Crippen LogP contribution >= 0.6 is 0 Å².